The van der Waals surface area contributed by atoms with Crippen LogP contribution < -0.4 is 0 Å². The topological polar surface area (TPSA) is 26.3 Å². The molecule has 0 amide bonds. The third kappa shape index (κ3) is 4.13. The first-order chi connectivity index (χ1) is 4.70. The zero-order valence-electron chi connectivity index (χ0n) is 6.64. The van der Waals surface area contributed by atoms with Gasteiger partial charge in [0.05, 0.1) is 7.11 Å². The first kappa shape index (κ1) is 9.21. The molecule has 0 aliphatic carbocycles. The largest absolute Gasteiger partial charge is 0.469 e. The van der Waals surface area contributed by atoms with Crippen molar-refractivity contribution in [3.63, 3.8) is 0 Å². The molecule has 0 bridgehead atoms. The van der Waals surface area contributed by atoms with Gasteiger partial charge >= 0.3 is 5.97 Å². The van der Waals surface area contributed by atoms with Gasteiger partial charge in [-0.2, -0.15) is 0 Å². The molecular weight excluding hydrogens is 128 g/mol. The first-order valence-corrected chi connectivity index (χ1v) is 3.44. The Labute approximate surface area is 61.9 Å². The molecule has 0 aromatic rings. The molecule has 0 heterocycles. The summed E-state index contributed by atoms with van der Waals surface area (Å²) in [6.45, 7) is 5.80. The second-order valence-electron chi connectivity index (χ2n) is 2.18. The number of ether oxygens (including phenoxy) is 1. The minimum absolute atomic E-state index is 0.158. The number of methoxy groups -OCH3 is 1. The van der Waals surface area contributed by atoms with Crippen molar-refractivity contribution >= 4 is 5.97 Å². The Hall–Kier alpha value is -0.790. The molecule has 0 unspecified atom stereocenters. The summed E-state index contributed by atoms with van der Waals surface area (Å²) in [5.74, 6) is -0.158. The Bertz CT molecular complexity index is 111. The molecule has 0 fully saturated rings. The van der Waals surface area contributed by atoms with Crippen LogP contribution in [0.5, 0.6) is 0 Å². The molecule has 0 rings (SSSR count). The van der Waals surface area contributed by atoms with Gasteiger partial charge in [0.2, 0.25) is 0 Å². The zero-order valence-corrected chi connectivity index (χ0v) is 6.64. The van der Waals surface area contributed by atoms with E-state index in [1.165, 1.54) is 7.11 Å². The lowest BCUT2D eigenvalue weighted by atomic mass is 10.1. The van der Waals surface area contributed by atoms with E-state index in [4.69, 9.17) is 0 Å². The van der Waals surface area contributed by atoms with Gasteiger partial charge in [0.15, 0.2) is 0 Å². The predicted octanol–water partition coefficient (Wildman–Crippen LogP) is 1.91. The van der Waals surface area contributed by atoms with Gasteiger partial charge in [0.25, 0.3) is 0 Å². The van der Waals surface area contributed by atoms with Crippen LogP contribution in [0.2, 0.25) is 0 Å². The predicted molar refractivity (Wildman–Crippen MR) is 40.7 cm³/mol. The number of carbonyl (C=O) groups excluding carboxylic acids is 1. The monoisotopic (exact) mass is 142 g/mol. The molecule has 0 aliphatic heterocycles. The third-order valence-electron chi connectivity index (χ3n) is 1.41. The molecule has 0 radical (unpaired) electrons. The van der Waals surface area contributed by atoms with Crippen LogP contribution in [0.25, 0.3) is 0 Å². The first-order valence-electron chi connectivity index (χ1n) is 3.44. The van der Waals surface area contributed by atoms with Gasteiger partial charge in [-0.1, -0.05) is 19.1 Å². The van der Waals surface area contributed by atoms with Gasteiger partial charge < -0.3 is 4.74 Å². The Morgan fingerprint density at radius 1 is 1.50 bits per heavy atom. The molecule has 10 heavy (non-hydrogen) atoms. The Morgan fingerprint density at radius 3 is 2.50 bits per heavy atom. The van der Waals surface area contributed by atoms with E-state index < -0.39 is 0 Å². The summed E-state index contributed by atoms with van der Waals surface area (Å²) in [5.41, 5.74) is 1.10. The van der Waals surface area contributed by atoms with Crippen LogP contribution in [0.1, 0.15) is 26.2 Å². The number of hydrogen-bond donors (Lipinski definition) is 0. The van der Waals surface area contributed by atoms with E-state index in [1.54, 1.807) is 0 Å². The summed E-state index contributed by atoms with van der Waals surface area (Å²) in [6.07, 6.45) is 2.16. The maximum atomic E-state index is 10.6. The van der Waals surface area contributed by atoms with Crippen molar-refractivity contribution in [1.29, 1.82) is 0 Å². The molecule has 2 nitrogen and oxygen atoms in total. The quantitative estimate of drug-likeness (QED) is 0.442. The average molecular weight is 142 g/mol. The second kappa shape index (κ2) is 5.03. The fraction of sp³-hybridized carbons (Fsp3) is 0.625. The van der Waals surface area contributed by atoms with E-state index in [2.05, 4.69) is 11.3 Å². The van der Waals surface area contributed by atoms with E-state index in [9.17, 15) is 4.79 Å². The van der Waals surface area contributed by atoms with Crippen molar-refractivity contribution in [3.8, 4) is 0 Å². The van der Waals surface area contributed by atoms with Crippen molar-refractivity contribution in [1.82, 2.24) is 0 Å². The van der Waals surface area contributed by atoms with Crippen molar-refractivity contribution in [2.24, 2.45) is 0 Å². The molecule has 0 aromatic carbocycles. The minimum Gasteiger partial charge on any atom is -0.469 e. The van der Waals surface area contributed by atoms with Crippen molar-refractivity contribution in [3.05, 3.63) is 12.2 Å². The highest BCUT2D eigenvalue weighted by atomic mass is 16.5. The van der Waals surface area contributed by atoms with E-state index in [-0.39, 0.29) is 5.97 Å². The third-order valence-corrected chi connectivity index (χ3v) is 1.41. The van der Waals surface area contributed by atoms with Gasteiger partial charge in [0, 0.05) is 6.42 Å². The molecular formula is C8H14O2. The van der Waals surface area contributed by atoms with Crippen molar-refractivity contribution in [2.45, 2.75) is 26.2 Å². The second-order valence-corrected chi connectivity index (χ2v) is 2.18. The summed E-state index contributed by atoms with van der Waals surface area (Å²) < 4.78 is 4.47. The summed E-state index contributed by atoms with van der Waals surface area (Å²) >= 11 is 0. The van der Waals surface area contributed by atoms with Gasteiger partial charge in [-0.3, -0.25) is 4.79 Å². The fourth-order valence-corrected chi connectivity index (χ4v) is 0.558. The average Bonchev–Trinajstić information content (AvgIpc) is 1.99. The molecule has 2 heteroatoms. The molecule has 0 saturated carbocycles. The van der Waals surface area contributed by atoms with E-state index in [0.29, 0.717) is 6.42 Å². The van der Waals surface area contributed by atoms with Crippen molar-refractivity contribution < 1.29 is 9.53 Å². The summed E-state index contributed by atoms with van der Waals surface area (Å²) in [4.78, 5) is 10.6. The van der Waals surface area contributed by atoms with Gasteiger partial charge in [-0.25, -0.2) is 0 Å². The van der Waals surface area contributed by atoms with Crippen LogP contribution in [0, 0.1) is 0 Å². The lowest BCUT2D eigenvalue weighted by molar-refractivity contribution is -0.140. The summed E-state index contributed by atoms with van der Waals surface area (Å²) in [7, 11) is 1.40. The standard InChI is InChI=1S/C8H14O2/c1-4-7(2)5-6-8(9)10-3/h2,4-6H2,1,3H3. The van der Waals surface area contributed by atoms with Crippen LogP contribution in [-0.4, -0.2) is 13.1 Å². The van der Waals surface area contributed by atoms with Gasteiger partial charge in [-0.15, -0.1) is 0 Å². The van der Waals surface area contributed by atoms with Gasteiger partial charge in [-0.05, 0) is 12.8 Å². The summed E-state index contributed by atoms with van der Waals surface area (Å²) in [6, 6.07) is 0. The van der Waals surface area contributed by atoms with Crippen LogP contribution in [0.15, 0.2) is 12.2 Å². The number of hydrogen-bond acceptors (Lipinski definition) is 2. The zero-order chi connectivity index (χ0) is 7.98. The van der Waals surface area contributed by atoms with E-state index in [1.807, 2.05) is 6.92 Å². The molecule has 0 aromatic heterocycles. The highest BCUT2D eigenvalue weighted by Gasteiger charge is 1.99. The normalized spacial score (nSPS) is 9.00. The fourth-order valence-electron chi connectivity index (χ4n) is 0.558. The Morgan fingerprint density at radius 2 is 2.10 bits per heavy atom. The molecule has 0 spiro atoms. The number of allylic oxidation sites excluding steroid dienone is 1. The molecule has 0 N–H and O–H groups in total. The maximum absolute atomic E-state index is 10.6. The smallest absolute Gasteiger partial charge is 0.305 e. The Balaban J connectivity index is 3.35. The highest BCUT2D eigenvalue weighted by molar-refractivity contribution is 5.69. The molecule has 0 aliphatic rings. The number of carbonyl (C=O) groups is 1. The van der Waals surface area contributed by atoms with Crippen LogP contribution in [0.4, 0.5) is 0 Å². The Kier molecular flexibility index (Phi) is 4.63. The van der Waals surface area contributed by atoms with Crippen LogP contribution in [0.3, 0.4) is 0 Å². The maximum Gasteiger partial charge on any atom is 0.305 e. The summed E-state index contributed by atoms with van der Waals surface area (Å²) in [5, 5.41) is 0. The molecule has 0 saturated heterocycles. The van der Waals surface area contributed by atoms with E-state index >= 15 is 0 Å². The lowest BCUT2D eigenvalue weighted by Gasteiger charge is -1.99. The van der Waals surface area contributed by atoms with E-state index in [0.717, 1.165) is 18.4 Å². The van der Waals surface area contributed by atoms with Gasteiger partial charge in [0.1, 0.15) is 0 Å². The number of rotatable bonds is 4. The SMILES string of the molecule is C=C(CC)CCC(=O)OC. The minimum atomic E-state index is -0.158. The molecule has 0 atom stereocenters. The molecule has 58 valence electrons. The number of esters is 1. The lowest BCUT2D eigenvalue weighted by Crippen LogP contribution is -1.99. The van der Waals surface area contributed by atoms with Crippen LogP contribution in [-0.2, 0) is 9.53 Å². The van der Waals surface area contributed by atoms with Crippen LogP contribution >= 0.6 is 0 Å². The highest BCUT2D eigenvalue weighted by Crippen LogP contribution is 2.06. The van der Waals surface area contributed by atoms with Crippen molar-refractivity contribution in [2.75, 3.05) is 7.11 Å².